The summed E-state index contributed by atoms with van der Waals surface area (Å²) in [6.07, 6.45) is 3.77. The molecule has 0 N–H and O–H groups in total. The predicted molar refractivity (Wildman–Crippen MR) is 52.8 cm³/mol. The van der Waals surface area contributed by atoms with Crippen molar-refractivity contribution in [2.45, 2.75) is 25.2 Å². The van der Waals surface area contributed by atoms with Crippen LogP contribution in [0.15, 0.2) is 24.3 Å². The van der Waals surface area contributed by atoms with Crippen molar-refractivity contribution in [2.24, 2.45) is 0 Å². The first-order valence-corrected chi connectivity index (χ1v) is 5.09. The van der Waals surface area contributed by atoms with E-state index in [0.29, 0.717) is 0 Å². The van der Waals surface area contributed by atoms with Crippen molar-refractivity contribution in [3.63, 3.8) is 0 Å². The summed E-state index contributed by atoms with van der Waals surface area (Å²) in [4.78, 5) is 0. The number of hydrogen-bond acceptors (Lipinski definition) is 0. The van der Waals surface area contributed by atoms with Gasteiger partial charge >= 0.3 is 0 Å². The SMILES string of the molecule is ClCCc1ccccc1C1CC1. The Hall–Kier alpha value is -0.490. The minimum absolute atomic E-state index is 0.740. The summed E-state index contributed by atoms with van der Waals surface area (Å²) in [7, 11) is 0. The third kappa shape index (κ3) is 1.64. The van der Waals surface area contributed by atoms with Crippen molar-refractivity contribution in [1.29, 1.82) is 0 Å². The van der Waals surface area contributed by atoms with Gasteiger partial charge in [0.25, 0.3) is 0 Å². The molecule has 0 aromatic heterocycles. The van der Waals surface area contributed by atoms with E-state index in [2.05, 4.69) is 24.3 Å². The largest absolute Gasteiger partial charge is 0.126 e. The average Bonchev–Trinajstić information content (AvgIpc) is 2.89. The standard InChI is InChI=1S/C11H13Cl/c12-8-7-9-3-1-2-4-11(9)10-5-6-10/h1-4,10H,5-8H2. The highest BCUT2D eigenvalue weighted by molar-refractivity contribution is 6.18. The monoisotopic (exact) mass is 180 g/mol. The second kappa shape index (κ2) is 3.49. The minimum Gasteiger partial charge on any atom is -0.126 e. The summed E-state index contributed by atoms with van der Waals surface area (Å²) in [5.74, 6) is 1.59. The van der Waals surface area contributed by atoms with E-state index < -0.39 is 0 Å². The molecular weight excluding hydrogens is 168 g/mol. The Labute approximate surface area is 78.6 Å². The molecule has 1 aromatic carbocycles. The third-order valence-electron chi connectivity index (χ3n) is 2.44. The fraction of sp³-hybridized carbons (Fsp3) is 0.455. The first-order valence-electron chi connectivity index (χ1n) is 4.55. The van der Waals surface area contributed by atoms with Gasteiger partial charge in [0.05, 0.1) is 0 Å². The summed E-state index contributed by atoms with van der Waals surface area (Å²) in [5.41, 5.74) is 2.99. The Kier molecular flexibility index (Phi) is 2.36. The molecule has 1 aliphatic rings. The average molecular weight is 181 g/mol. The van der Waals surface area contributed by atoms with Crippen LogP contribution in [-0.2, 0) is 6.42 Å². The smallest absolute Gasteiger partial charge is 0.0264 e. The van der Waals surface area contributed by atoms with Crippen LogP contribution in [-0.4, -0.2) is 5.88 Å². The van der Waals surface area contributed by atoms with E-state index in [9.17, 15) is 0 Å². The van der Waals surface area contributed by atoms with Gasteiger partial charge in [-0.25, -0.2) is 0 Å². The predicted octanol–water partition coefficient (Wildman–Crippen LogP) is 3.35. The number of rotatable bonds is 3. The van der Waals surface area contributed by atoms with Crippen LogP contribution in [0.3, 0.4) is 0 Å². The Morgan fingerprint density at radius 1 is 1.25 bits per heavy atom. The quantitative estimate of drug-likeness (QED) is 0.626. The molecule has 12 heavy (non-hydrogen) atoms. The normalized spacial score (nSPS) is 16.4. The molecule has 1 aliphatic carbocycles. The molecule has 1 heteroatoms. The summed E-state index contributed by atoms with van der Waals surface area (Å²) < 4.78 is 0. The summed E-state index contributed by atoms with van der Waals surface area (Å²) in [5, 5.41) is 0. The Bertz CT molecular complexity index is 263. The van der Waals surface area contributed by atoms with Crippen LogP contribution in [0.4, 0.5) is 0 Å². The second-order valence-electron chi connectivity index (χ2n) is 3.41. The van der Waals surface area contributed by atoms with Gasteiger partial charge in [-0.05, 0) is 36.3 Å². The molecule has 0 spiro atoms. The van der Waals surface area contributed by atoms with E-state index in [1.54, 1.807) is 0 Å². The fourth-order valence-electron chi connectivity index (χ4n) is 1.66. The molecule has 1 saturated carbocycles. The van der Waals surface area contributed by atoms with Gasteiger partial charge in [-0.15, -0.1) is 11.6 Å². The molecule has 64 valence electrons. The molecule has 0 unspecified atom stereocenters. The lowest BCUT2D eigenvalue weighted by molar-refractivity contribution is 1.03. The molecule has 0 radical (unpaired) electrons. The van der Waals surface area contributed by atoms with Gasteiger partial charge in [0.1, 0.15) is 0 Å². The number of aryl methyl sites for hydroxylation is 1. The van der Waals surface area contributed by atoms with Crippen LogP contribution >= 0.6 is 11.6 Å². The van der Waals surface area contributed by atoms with E-state index in [-0.39, 0.29) is 0 Å². The third-order valence-corrected chi connectivity index (χ3v) is 2.63. The van der Waals surface area contributed by atoms with Crippen LogP contribution in [0.5, 0.6) is 0 Å². The second-order valence-corrected chi connectivity index (χ2v) is 3.79. The maximum atomic E-state index is 5.73. The van der Waals surface area contributed by atoms with Crippen molar-refractivity contribution in [3.8, 4) is 0 Å². The van der Waals surface area contributed by atoms with E-state index in [0.717, 1.165) is 18.2 Å². The van der Waals surface area contributed by atoms with Gasteiger partial charge in [0, 0.05) is 5.88 Å². The number of alkyl halides is 1. The van der Waals surface area contributed by atoms with Crippen LogP contribution < -0.4 is 0 Å². The lowest BCUT2D eigenvalue weighted by atomic mass is 10.0. The van der Waals surface area contributed by atoms with Gasteiger partial charge in [-0.2, -0.15) is 0 Å². The van der Waals surface area contributed by atoms with Gasteiger partial charge in [-0.1, -0.05) is 24.3 Å². The molecule has 1 fully saturated rings. The molecule has 0 atom stereocenters. The molecule has 1 aromatic rings. The fourth-order valence-corrected chi connectivity index (χ4v) is 1.86. The van der Waals surface area contributed by atoms with E-state index in [1.165, 1.54) is 24.0 Å². The van der Waals surface area contributed by atoms with Gasteiger partial charge in [0.15, 0.2) is 0 Å². The zero-order valence-electron chi connectivity index (χ0n) is 7.09. The summed E-state index contributed by atoms with van der Waals surface area (Å²) >= 11 is 5.73. The zero-order chi connectivity index (χ0) is 8.39. The van der Waals surface area contributed by atoms with Crippen molar-refractivity contribution in [3.05, 3.63) is 35.4 Å². The van der Waals surface area contributed by atoms with E-state index in [4.69, 9.17) is 11.6 Å². The Balaban J connectivity index is 2.24. The lowest BCUT2D eigenvalue weighted by Crippen LogP contribution is -1.92. The maximum absolute atomic E-state index is 5.73. The first-order chi connectivity index (χ1) is 5.92. The molecule has 2 rings (SSSR count). The summed E-state index contributed by atoms with van der Waals surface area (Å²) in [6, 6.07) is 8.69. The van der Waals surface area contributed by atoms with Gasteiger partial charge < -0.3 is 0 Å². The van der Waals surface area contributed by atoms with Crippen molar-refractivity contribution >= 4 is 11.6 Å². The molecule has 0 aliphatic heterocycles. The topological polar surface area (TPSA) is 0 Å². The molecule has 0 amide bonds. The number of halogens is 1. The zero-order valence-corrected chi connectivity index (χ0v) is 7.85. The maximum Gasteiger partial charge on any atom is 0.0264 e. The van der Waals surface area contributed by atoms with E-state index >= 15 is 0 Å². The summed E-state index contributed by atoms with van der Waals surface area (Å²) in [6.45, 7) is 0. The van der Waals surface area contributed by atoms with Crippen LogP contribution in [0, 0.1) is 0 Å². The van der Waals surface area contributed by atoms with Gasteiger partial charge in [-0.3, -0.25) is 0 Å². The van der Waals surface area contributed by atoms with Crippen LogP contribution in [0.2, 0.25) is 0 Å². The molecule has 0 saturated heterocycles. The van der Waals surface area contributed by atoms with Crippen molar-refractivity contribution < 1.29 is 0 Å². The van der Waals surface area contributed by atoms with Crippen LogP contribution in [0.1, 0.15) is 29.9 Å². The Morgan fingerprint density at radius 2 is 2.00 bits per heavy atom. The molecule has 0 nitrogen and oxygen atoms in total. The molecule has 0 bridgehead atoms. The number of hydrogen-bond donors (Lipinski definition) is 0. The Morgan fingerprint density at radius 3 is 2.67 bits per heavy atom. The van der Waals surface area contributed by atoms with Crippen molar-refractivity contribution in [2.75, 3.05) is 5.88 Å². The van der Waals surface area contributed by atoms with Gasteiger partial charge in [0.2, 0.25) is 0 Å². The van der Waals surface area contributed by atoms with Crippen LogP contribution in [0.25, 0.3) is 0 Å². The van der Waals surface area contributed by atoms with Crippen molar-refractivity contribution in [1.82, 2.24) is 0 Å². The molecular formula is C11H13Cl. The highest BCUT2D eigenvalue weighted by atomic mass is 35.5. The molecule has 0 heterocycles. The first kappa shape index (κ1) is 8.12. The highest BCUT2D eigenvalue weighted by Crippen LogP contribution is 2.41. The van der Waals surface area contributed by atoms with E-state index in [1.807, 2.05) is 0 Å². The highest BCUT2D eigenvalue weighted by Gasteiger charge is 2.24. The minimum atomic E-state index is 0.740. The lowest BCUT2D eigenvalue weighted by Gasteiger charge is -2.05. The number of benzene rings is 1.